The van der Waals surface area contributed by atoms with E-state index in [0.717, 1.165) is 0 Å². The number of hydrogen-bond acceptors (Lipinski definition) is 3. The van der Waals surface area contributed by atoms with Gasteiger partial charge in [0.05, 0.1) is 18.1 Å². The number of halogens is 3. The molecule has 0 spiro atoms. The average molecular weight is 360 g/mol. The van der Waals surface area contributed by atoms with Crippen LogP contribution in [-0.4, -0.2) is 41.9 Å². The molecule has 1 heterocycles. The van der Waals surface area contributed by atoms with Crippen molar-refractivity contribution >= 4 is 29.0 Å². The number of nitrogens with one attached hydrogen (secondary N) is 1. The third-order valence-electron chi connectivity index (χ3n) is 3.82. The van der Waals surface area contributed by atoms with E-state index in [1.807, 2.05) is 0 Å². The van der Waals surface area contributed by atoms with E-state index in [-0.39, 0.29) is 24.7 Å². The molecule has 1 aliphatic rings. The monoisotopic (exact) mass is 360 g/mol. The first-order valence-corrected chi connectivity index (χ1v) is 8.12. The summed E-state index contributed by atoms with van der Waals surface area (Å²) in [7, 11) is 0. The normalized spacial score (nSPS) is 18.2. The third kappa shape index (κ3) is 4.83. The second-order valence-electron chi connectivity index (χ2n) is 5.55. The third-order valence-corrected chi connectivity index (χ3v) is 4.18. The molecule has 0 radical (unpaired) electrons. The summed E-state index contributed by atoms with van der Waals surface area (Å²) < 4.78 is 43.4. The molecule has 2 rings (SSSR count). The first-order valence-electron chi connectivity index (χ1n) is 7.71. The maximum atomic E-state index is 12.9. The number of carbonyl (C=O) groups excluding carboxylic acids is 1. The number of hydrogen-bond donors (Lipinski definition) is 1. The van der Waals surface area contributed by atoms with E-state index in [9.17, 15) is 18.0 Å². The molecule has 1 unspecified atom stereocenters. The zero-order valence-electron chi connectivity index (χ0n) is 13.2. The summed E-state index contributed by atoms with van der Waals surface area (Å²) in [5, 5.41) is 3.18. The van der Waals surface area contributed by atoms with Crippen LogP contribution >= 0.6 is 12.2 Å². The number of piperidine rings is 1. The molecule has 1 aromatic carbocycles. The molecule has 1 saturated heterocycles. The summed E-state index contributed by atoms with van der Waals surface area (Å²) in [5.41, 5.74) is 1.02. The number of esters is 1. The van der Waals surface area contributed by atoms with E-state index in [4.69, 9.17) is 17.0 Å². The van der Waals surface area contributed by atoms with Crippen molar-refractivity contribution in [2.24, 2.45) is 5.92 Å². The lowest BCUT2D eigenvalue weighted by Crippen LogP contribution is -2.46. The number of nitrogens with zero attached hydrogens (tertiary/aromatic N) is 1. The van der Waals surface area contributed by atoms with Crippen molar-refractivity contribution in [3.8, 4) is 0 Å². The number of benzene rings is 1. The molecule has 1 atom stereocenters. The minimum atomic E-state index is -4.20. The largest absolute Gasteiger partial charge is 0.462 e. The first kappa shape index (κ1) is 18.5. The molecule has 1 aromatic rings. The highest BCUT2D eigenvalue weighted by Gasteiger charge is 2.42. The highest BCUT2D eigenvalue weighted by molar-refractivity contribution is 7.80. The van der Waals surface area contributed by atoms with Crippen LogP contribution in [0.4, 0.5) is 18.9 Å². The van der Waals surface area contributed by atoms with Gasteiger partial charge in [-0.05, 0) is 56.2 Å². The van der Waals surface area contributed by atoms with E-state index >= 15 is 0 Å². The number of ether oxygens (including phenoxy) is 1. The molecule has 1 aliphatic heterocycles. The smallest absolute Gasteiger partial charge is 0.393 e. The molecule has 8 heteroatoms. The summed E-state index contributed by atoms with van der Waals surface area (Å²) in [6.07, 6.45) is -3.61. The fourth-order valence-corrected chi connectivity index (χ4v) is 2.82. The van der Waals surface area contributed by atoms with Crippen molar-refractivity contribution < 1.29 is 22.7 Å². The number of anilines is 1. The van der Waals surface area contributed by atoms with Gasteiger partial charge in [0, 0.05) is 18.8 Å². The zero-order valence-corrected chi connectivity index (χ0v) is 14.0. The summed E-state index contributed by atoms with van der Waals surface area (Å²) in [6.45, 7) is 2.38. The van der Waals surface area contributed by atoms with Gasteiger partial charge in [0.1, 0.15) is 0 Å². The molecule has 4 nitrogen and oxygen atoms in total. The van der Waals surface area contributed by atoms with Gasteiger partial charge in [-0.3, -0.25) is 0 Å². The van der Waals surface area contributed by atoms with Crippen molar-refractivity contribution in [3.05, 3.63) is 29.8 Å². The highest BCUT2D eigenvalue weighted by atomic mass is 32.1. The van der Waals surface area contributed by atoms with Crippen molar-refractivity contribution in [1.82, 2.24) is 4.90 Å². The van der Waals surface area contributed by atoms with E-state index in [1.165, 1.54) is 4.90 Å². The minimum Gasteiger partial charge on any atom is -0.462 e. The van der Waals surface area contributed by atoms with Crippen molar-refractivity contribution in [2.45, 2.75) is 25.9 Å². The maximum absolute atomic E-state index is 12.9. The predicted molar refractivity (Wildman–Crippen MR) is 89.0 cm³/mol. The minimum absolute atomic E-state index is 0.129. The molecule has 1 fully saturated rings. The number of likely N-dealkylation sites (tertiary alicyclic amines) is 1. The molecule has 0 saturated carbocycles. The Morgan fingerprint density at radius 2 is 2.04 bits per heavy atom. The quantitative estimate of drug-likeness (QED) is 0.655. The summed E-state index contributed by atoms with van der Waals surface area (Å²) in [5.74, 6) is -1.77. The Morgan fingerprint density at radius 3 is 2.62 bits per heavy atom. The summed E-state index contributed by atoms with van der Waals surface area (Å²) >= 11 is 5.21. The van der Waals surface area contributed by atoms with Crippen molar-refractivity contribution in [3.63, 3.8) is 0 Å². The molecule has 0 bridgehead atoms. The SMILES string of the molecule is CCOC(=O)c1ccc(NC(=S)N2CCCC(C(F)(F)F)C2)cc1. The van der Waals surface area contributed by atoms with Crippen LogP contribution in [0.2, 0.25) is 0 Å². The summed E-state index contributed by atoms with van der Waals surface area (Å²) in [6, 6.07) is 6.45. The highest BCUT2D eigenvalue weighted by Crippen LogP contribution is 2.33. The Balaban J connectivity index is 1.95. The molecule has 132 valence electrons. The van der Waals surface area contributed by atoms with E-state index in [1.54, 1.807) is 31.2 Å². The molecular formula is C16H19F3N2O2S. The number of thiocarbonyl (C=S) groups is 1. The van der Waals surface area contributed by atoms with Crippen LogP contribution in [0.1, 0.15) is 30.1 Å². The van der Waals surface area contributed by atoms with Crippen LogP contribution in [0.5, 0.6) is 0 Å². The van der Waals surface area contributed by atoms with Gasteiger partial charge in [-0.25, -0.2) is 4.79 Å². The second kappa shape index (κ2) is 7.83. The number of rotatable bonds is 3. The van der Waals surface area contributed by atoms with Crippen LogP contribution in [0.3, 0.4) is 0 Å². The van der Waals surface area contributed by atoms with Crippen LogP contribution in [0.15, 0.2) is 24.3 Å². The van der Waals surface area contributed by atoms with Crippen molar-refractivity contribution in [1.29, 1.82) is 0 Å². The van der Waals surface area contributed by atoms with Gasteiger partial charge in [-0.15, -0.1) is 0 Å². The Hall–Kier alpha value is -1.83. The zero-order chi connectivity index (χ0) is 17.7. The van der Waals surface area contributed by atoms with Gasteiger partial charge in [0.15, 0.2) is 5.11 Å². The van der Waals surface area contributed by atoms with Crippen molar-refractivity contribution in [2.75, 3.05) is 25.0 Å². The fourth-order valence-electron chi connectivity index (χ4n) is 2.54. The second-order valence-corrected chi connectivity index (χ2v) is 5.94. The van der Waals surface area contributed by atoms with Gasteiger partial charge in [-0.2, -0.15) is 13.2 Å². The van der Waals surface area contributed by atoms with Crippen LogP contribution < -0.4 is 5.32 Å². The Kier molecular flexibility index (Phi) is 6.04. The van der Waals surface area contributed by atoms with Gasteiger partial charge < -0.3 is 15.0 Å². The lowest BCUT2D eigenvalue weighted by Gasteiger charge is -2.35. The standard InChI is InChI=1S/C16H19F3N2O2S/c1-2-23-14(22)11-5-7-13(8-6-11)20-15(24)21-9-3-4-12(10-21)16(17,18)19/h5-8,12H,2-4,9-10H2,1H3,(H,20,24). The number of alkyl halides is 3. The van der Waals surface area contributed by atoms with E-state index in [0.29, 0.717) is 24.2 Å². The van der Waals surface area contributed by atoms with Gasteiger partial charge >= 0.3 is 12.1 Å². The van der Waals surface area contributed by atoms with Crippen LogP contribution in [0, 0.1) is 5.92 Å². The van der Waals surface area contributed by atoms with Crippen LogP contribution in [-0.2, 0) is 4.74 Å². The van der Waals surface area contributed by atoms with Gasteiger partial charge in [0.25, 0.3) is 0 Å². The Bertz CT molecular complexity index is 590. The van der Waals surface area contributed by atoms with Gasteiger partial charge in [-0.1, -0.05) is 0 Å². The maximum Gasteiger partial charge on any atom is 0.393 e. The molecule has 0 amide bonds. The predicted octanol–water partition coefficient (Wildman–Crippen LogP) is 3.83. The fraction of sp³-hybridized carbons (Fsp3) is 0.500. The lowest BCUT2D eigenvalue weighted by atomic mass is 9.98. The number of carbonyl (C=O) groups is 1. The molecule has 24 heavy (non-hydrogen) atoms. The lowest BCUT2D eigenvalue weighted by molar-refractivity contribution is -0.183. The topological polar surface area (TPSA) is 41.6 Å². The average Bonchev–Trinajstić information content (AvgIpc) is 2.55. The van der Waals surface area contributed by atoms with E-state index < -0.39 is 18.1 Å². The summed E-state index contributed by atoms with van der Waals surface area (Å²) in [4.78, 5) is 13.1. The first-order chi connectivity index (χ1) is 11.3. The molecule has 0 aliphatic carbocycles. The van der Waals surface area contributed by atoms with Crippen LogP contribution in [0.25, 0.3) is 0 Å². The van der Waals surface area contributed by atoms with E-state index in [2.05, 4.69) is 5.32 Å². The van der Waals surface area contributed by atoms with Gasteiger partial charge in [0.2, 0.25) is 0 Å². The Labute approximate surface area is 144 Å². The molecular weight excluding hydrogens is 341 g/mol. The molecule has 1 N–H and O–H groups in total. The molecule has 0 aromatic heterocycles. The Morgan fingerprint density at radius 1 is 1.38 bits per heavy atom.